The normalized spacial score (nSPS) is 11.6. The van der Waals surface area contributed by atoms with Crippen LogP contribution in [-0.4, -0.2) is 57.5 Å². The summed E-state index contributed by atoms with van der Waals surface area (Å²) >= 11 is 4.33. The van der Waals surface area contributed by atoms with Crippen molar-refractivity contribution in [2.24, 2.45) is 0 Å². The van der Waals surface area contributed by atoms with Crippen LogP contribution < -0.4 is 0 Å². The third-order valence-electron chi connectivity index (χ3n) is 8.58. The summed E-state index contributed by atoms with van der Waals surface area (Å²) in [5.74, 6) is 13.5. The van der Waals surface area contributed by atoms with E-state index in [1.54, 1.807) is 0 Å². The first-order valence-electron chi connectivity index (χ1n) is 21.0. The summed E-state index contributed by atoms with van der Waals surface area (Å²) in [6, 6.07) is 0. The lowest BCUT2D eigenvalue weighted by Gasteiger charge is -2.04. The van der Waals surface area contributed by atoms with Crippen molar-refractivity contribution in [2.45, 2.75) is 194 Å². The summed E-state index contributed by atoms with van der Waals surface area (Å²) in [7, 11) is 14.7. The van der Waals surface area contributed by atoms with Gasteiger partial charge in [0.2, 0.25) is 0 Å². The van der Waals surface area contributed by atoms with Crippen LogP contribution in [0.2, 0.25) is 0 Å². The zero-order valence-electron chi connectivity index (χ0n) is 32.5. The first-order chi connectivity index (χ1) is 24.4. The number of hydrogen-bond donors (Lipinski definition) is 0. The molecule has 0 aliphatic carbocycles. The summed E-state index contributed by atoms with van der Waals surface area (Å²) in [6.45, 7) is 4.60. The second-order valence-electron chi connectivity index (χ2n) is 13.4. The Kier molecular flexibility index (Phi) is 54.4. The largest absolute Gasteiger partial charge is 0.162 e. The van der Waals surface area contributed by atoms with E-state index in [1.807, 2.05) is 9.83 Å². The summed E-state index contributed by atoms with van der Waals surface area (Å²) < 4.78 is 0. The summed E-state index contributed by atoms with van der Waals surface area (Å²) in [6.07, 6.45) is 40.4. The zero-order chi connectivity index (χ0) is 35.2. The molecule has 0 saturated heterocycles. The quantitative estimate of drug-likeness (QED) is 0.0430. The van der Waals surface area contributed by atoms with Gasteiger partial charge in [0, 0.05) is 46.0 Å². The van der Waals surface area contributed by atoms with Gasteiger partial charge in [-0.15, -0.1) is 0 Å². The van der Waals surface area contributed by atoms with Crippen LogP contribution in [0.5, 0.6) is 0 Å². The van der Waals surface area contributed by atoms with E-state index < -0.39 is 0 Å². The summed E-state index contributed by atoms with van der Waals surface area (Å²) in [4.78, 5) is 0. The van der Waals surface area contributed by atoms with Crippen molar-refractivity contribution in [1.82, 2.24) is 0 Å². The Balaban J connectivity index is 3.04. The molecule has 296 valence electrons. The average Bonchev–Trinajstić information content (AvgIpc) is 3.11. The van der Waals surface area contributed by atoms with Gasteiger partial charge in [0.1, 0.15) is 0 Å². The van der Waals surface area contributed by atoms with Crippen LogP contribution in [0.15, 0.2) is 0 Å². The molecule has 0 rings (SSSR count). The first kappa shape index (κ1) is 52.2. The molecule has 0 aliphatic rings. The Morgan fingerprint density at radius 2 is 0.469 bits per heavy atom. The highest BCUT2D eigenvalue weighted by atomic mass is 33.5. The number of rotatable bonds is 46. The number of unbranched alkanes of at least 4 members (excludes halogenated alkanes) is 24. The molecule has 0 spiro atoms. The van der Waals surface area contributed by atoms with Crippen molar-refractivity contribution in [2.75, 3.05) is 57.5 Å². The Morgan fingerprint density at radius 3 is 0.857 bits per heavy atom. The Labute approximate surface area is 346 Å². The van der Waals surface area contributed by atoms with Crippen molar-refractivity contribution >= 4 is 98.1 Å². The molecule has 0 aromatic carbocycles. The van der Waals surface area contributed by atoms with Crippen LogP contribution in [0.3, 0.4) is 0 Å². The minimum absolute atomic E-state index is 1.32. The first-order valence-corrected chi connectivity index (χ1v) is 32.1. The van der Waals surface area contributed by atoms with Crippen LogP contribution >= 0.6 is 98.1 Å². The molecule has 9 heteroatoms. The van der Waals surface area contributed by atoms with E-state index in [-0.39, 0.29) is 0 Å². The van der Waals surface area contributed by atoms with Crippen molar-refractivity contribution in [3.8, 4) is 0 Å². The summed E-state index contributed by atoms with van der Waals surface area (Å²) in [5, 5.41) is 0. The van der Waals surface area contributed by atoms with Crippen molar-refractivity contribution in [3.05, 3.63) is 0 Å². The Morgan fingerprint density at radius 1 is 0.204 bits per heavy atom. The molecule has 0 aromatic rings. The topological polar surface area (TPSA) is 0 Å². The van der Waals surface area contributed by atoms with Crippen molar-refractivity contribution < 1.29 is 0 Å². The Bertz CT molecular complexity index is 510. The highest BCUT2D eigenvalue weighted by molar-refractivity contribution is 9.09. The van der Waals surface area contributed by atoms with Gasteiger partial charge < -0.3 is 0 Å². The maximum atomic E-state index is 2.30. The van der Waals surface area contributed by atoms with Gasteiger partial charge in [-0.25, -0.2) is 0 Å². The molecule has 0 atom stereocenters. The lowest BCUT2D eigenvalue weighted by atomic mass is 10.1. The molecule has 0 unspecified atom stereocenters. The van der Waals surface area contributed by atoms with Gasteiger partial charge >= 0.3 is 0 Å². The molecule has 0 fully saturated rings. The molecule has 0 bridgehead atoms. The van der Waals surface area contributed by atoms with E-state index >= 15 is 0 Å². The molecule has 0 radical (unpaired) electrons. The van der Waals surface area contributed by atoms with Crippen LogP contribution in [0.4, 0.5) is 0 Å². The molecule has 0 aliphatic heterocycles. The fourth-order valence-electron chi connectivity index (χ4n) is 5.43. The predicted octanol–water partition coefficient (Wildman–Crippen LogP) is 18.2. The van der Waals surface area contributed by atoms with Crippen LogP contribution in [0.1, 0.15) is 194 Å². The van der Waals surface area contributed by atoms with Gasteiger partial charge in [0.15, 0.2) is 0 Å². The Hall–Kier alpha value is 3.15. The molecule has 0 N–H and O–H groups in total. The minimum Gasteiger partial charge on any atom is -0.162 e. The van der Waals surface area contributed by atoms with E-state index in [0.29, 0.717) is 0 Å². The van der Waals surface area contributed by atoms with Crippen LogP contribution in [-0.2, 0) is 0 Å². The summed E-state index contributed by atoms with van der Waals surface area (Å²) in [5.41, 5.74) is 0. The standard InChI is InChI=1S/C40H82S9/c1-3-5-7-8-9-17-24-29-35-47-49-48-36-30-25-20-15-19-23-28-34-44-46-40-38-42-37-39-45-43-33-27-22-18-14-12-10-11-13-16-21-26-32-41-31-6-4-2/h3-40H2,1-2H3. The van der Waals surface area contributed by atoms with Crippen LogP contribution in [0, 0.1) is 0 Å². The molecule has 0 aromatic heterocycles. The zero-order valence-corrected chi connectivity index (χ0v) is 39.9. The van der Waals surface area contributed by atoms with E-state index in [4.69, 9.17) is 0 Å². The maximum Gasteiger partial charge on any atom is 0.0128 e. The van der Waals surface area contributed by atoms with Gasteiger partial charge in [-0.1, -0.05) is 220 Å². The van der Waals surface area contributed by atoms with E-state index in [9.17, 15) is 0 Å². The minimum atomic E-state index is 1.32. The fraction of sp³-hybridized carbons (Fsp3) is 1.00. The molecular weight excluding hydrogens is 769 g/mol. The van der Waals surface area contributed by atoms with Gasteiger partial charge in [-0.2, -0.15) is 23.5 Å². The number of hydrogen-bond acceptors (Lipinski definition) is 9. The van der Waals surface area contributed by atoms with E-state index in [1.165, 1.54) is 237 Å². The molecular formula is C40H82S9. The lowest BCUT2D eigenvalue weighted by molar-refractivity contribution is 0.555. The average molecular weight is 852 g/mol. The smallest absolute Gasteiger partial charge is 0.0128 e. The van der Waals surface area contributed by atoms with Crippen molar-refractivity contribution in [1.29, 1.82) is 0 Å². The molecule has 0 amide bonds. The molecule has 49 heavy (non-hydrogen) atoms. The highest BCUT2D eigenvalue weighted by Gasteiger charge is 1.99. The molecule has 0 nitrogen and oxygen atoms in total. The maximum absolute atomic E-state index is 2.30. The predicted molar refractivity (Wildman–Crippen MR) is 258 cm³/mol. The van der Waals surface area contributed by atoms with E-state index in [0.717, 1.165) is 0 Å². The molecule has 0 saturated carbocycles. The van der Waals surface area contributed by atoms with Crippen molar-refractivity contribution in [3.63, 3.8) is 0 Å². The third-order valence-corrected chi connectivity index (χ3v) is 20.6. The fourth-order valence-corrected chi connectivity index (χ4v) is 16.7. The SMILES string of the molecule is CCCCCCCCCCSSSCCCCCCCCCSSCCSCCSSCCCCCCCCCCCCCSCCCC. The monoisotopic (exact) mass is 850 g/mol. The van der Waals surface area contributed by atoms with Gasteiger partial charge in [0.25, 0.3) is 0 Å². The third kappa shape index (κ3) is 51.2. The number of thioether (sulfide) groups is 2. The second kappa shape index (κ2) is 51.1. The van der Waals surface area contributed by atoms with Crippen LogP contribution in [0.25, 0.3) is 0 Å². The highest BCUT2D eigenvalue weighted by Crippen LogP contribution is 2.36. The van der Waals surface area contributed by atoms with Gasteiger partial charge in [-0.05, 0) is 59.9 Å². The lowest BCUT2D eigenvalue weighted by Crippen LogP contribution is -1.88. The van der Waals surface area contributed by atoms with Gasteiger partial charge in [0.05, 0.1) is 0 Å². The second-order valence-corrected chi connectivity index (χ2v) is 25.7. The molecule has 0 heterocycles. The van der Waals surface area contributed by atoms with E-state index in [2.05, 4.69) is 102 Å². The van der Waals surface area contributed by atoms with Gasteiger partial charge in [-0.3, -0.25) is 0 Å².